The van der Waals surface area contributed by atoms with Crippen molar-refractivity contribution in [2.75, 3.05) is 20.1 Å². The maximum atomic E-state index is 12.7. The van der Waals surface area contributed by atoms with Gasteiger partial charge in [-0.3, -0.25) is 9.59 Å². The van der Waals surface area contributed by atoms with Gasteiger partial charge in [0, 0.05) is 25.7 Å². The van der Waals surface area contributed by atoms with Gasteiger partial charge in [0.05, 0.1) is 0 Å². The number of hydrogen-bond donors (Lipinski definition) is 0. The average molecular weight is 308 g/mol. The van der Waals surface area contributed by atoms with E-state index in [-0.39, 0.29) is 11.8 Å². The third-order valence-corrected chi connectivity index (χ3v) is 4.38. The first-order valence-electron chi connectivity index (χ1n) is 7.79. The van der Waals surface area contributed by atoms with Gasteiger partial charge in [0.25, 0.3) is 5.91 Å². The van der Waals surface area contributed by atoms with Gasteiger partial charge in [-0.1, -0.05) is 42.5 Å². The fraction of sp³-hybridized carbons (Fsp3) is 0.263. The first-order chi connectivity index (χ1) is 11.1. The summed E-state index contributed by atoms with van der Waals surface area (Å²) in [4.78, 5) is 28.0. The SMILES string of the molecule is CC1C(=O)N(C)CCN1C(=O)c1ccc(-c2ccccc2)cc1. The molecule has 118 valence electrons. The van der Waals surface area contributed by atoms with Crippen LogP contribution in [0, 0.1) is 0 Å². The van der Waals surface area contributed by atoms with E-state index < -0.39 is 6.04 Å². The number of hydrogen-bond acceptors (Lipinski definition) is 2. The maximum Gasteiger partial charge on any atom is 0.254 e. The van der Waals surface area contributed by atoms with Crippen LogP contribution >= 0.6 is 0 Å². The number of likely N-dealkylation sites (N-methyl/N-ethyl adjacent to an activating group) is 1. The molecule has 3 rings (SSSR count). The molecule has 23 heavy (non-hydrogen) atoms. The van der Waals surface area contributed by atoms with E-state index >= 15 is 0 Å². The van der Waals surface area contributed by atoms with Crippen molar-refractivity contribution in [3.63, 3.8) is 0 Å². The van der Waals surface area contributed by atoms with E-state index in [4.69, 9.17) is 0 Å². The van der Waals surface area contributed by atoms with Crippen LogP contribution in [0.15, 0.2) is 54.6 Å². The summed E-state index contributed by atoms with van der Waals surface area (Å²) >= 11 is 0. The Morgan fingerprint density at radius 2 is 1.57 bits per heavy atom. The van der Waals surface area contributed by atoms with Gasteiger partial charge >= 0.3 is 0 Å². The minimum absolute atomic E-state index is 0.00879. The van der Waals surface area contributed by atoms with Crippen LogP contribution in [0.3, 0.4) is 0 Å². The number of piperazine rings is 1. The van der Waals surface area contributed by atoms with Crippen molar-refractivity contribution >= 4 is 11.8 Å². The van der Waals surface area contributed by atoms with Gasteiger partial charge in [0.1, 0.15) is 6.04 Å². The number of rotatable bonds is 2. The third kappa shape index (κ3) is 2.97. The van der Waals surface area contributed by atoms with Crippen LogP contribution in [0.1, 0.15) is 17.3 Å². The molecule has 1 atom stereocenters. The largest absolute Gasteiger partial charge is 0.342 e. The lowest BCUT2D eigenvalue weighted by Gasteiger charge is -2.37. The van der Waals surface area contributed by atoms with Crippen LogP contribution < -0.4 is 0 Å². The molecule has 4 heteroatoms. The normalized spacial score (nSPS) is 18.2. The molecule has 0 bridgehead atoms. The Morgan fingerprint density at radius 3 is 2.22 bits per heavy atom. The molecule has 4 nitrogen and oxygen atoms in total. The molecule has 2 amide bonds. The van der Waals surface area contributed by atoms with Gasteiger partial charge in [-0.05, 0) is 30.2 Å². The monoisotopic (exact) mass is 308 g/mol. The van der Waals surface area contributed by atoms with Crippen molar-refractivity contribution in [1.29, 1.82) is 0 Å². The summed E-state index contributed by atoms with van der Waals surface area (Å²) in [6.07, 6.45) is 0. The summed E-state index contributed by atoms with van der Waals surface area (Å²) in [7, 11) is 1.77. The number of carbonyl (C=O) groups is 2. The van der Waals surface area contributed by atoms with E-state index in [9.17, 15) is 9.59 Å². The second-order valence-electron chi connectivity index (χ2n) is 5.88. The highest BCUT2D eigenvalue weighted by atomic mass is 16.2. The first-order valence-corrected chi connectivity index (χ1v) is 7.79. The summed E-state index contributed by atoms with van der Waals surface area (Å²) in [5.41, 5.74) is 2.81. The highest BCUT2D eigenvalue weighted by Gasteiger charge is 2.32. The lowest BCUT2D eigenvalue weighted by Crippen LogP contribution is -2.56. The van der Waals surface area contributed by atoms with Crippen LogP contribution in [0.4, 0.5) is 0 Å². The molecule has 1 unspecified atom stereocenters. The molecule has 1 aliphatic rings. The molecule has 0 N–H and O–H groups in total. The Labute approximate surface area is 136 Å². The zero-order chi connectivity index (χ0) is 16.4. The molecule has 1 aliphatic heterocycles. The number of carbonyl (C=O) groups excluding carboxylic acids is 2. The van der Waals surface area contributed by atoms with Crippen molar-refractivity contribution in [2.45, 2.75) is 13.0 Å². The first kappa shape index (κ1) is 15.3. The number of nitrogens with zero attached hydrogens (tertiary/aromatic N) is 2. The van der Waals surface area contributed by atoms with Crippen molar-refractivity contribution in [3.05, 3.63) is 60.2 Å². The predicted octanol–water partition coefficient (Wildman–Crippen LogP) is 2.66. The molecule has 1 heterocycles. The predicted molar refractivity (Wildman–Crippen MR) is 90.0 cm³/mol. The maximum absolute atomic E-state index is 12.7. The second-order valence-corrected chi connectivity index (χ2v) is 5.88. The Hall–Kier alpha value is -2.62. The molecule has 0 spiro atoms. The lowest BCUT2D eigenvalue weighted by molar-refractivity contribution is -0.137. The average Bonchev–Trinajstić information content (AvgIpc) is 2.60. The van der Waals surface area contributed by atoms with Gasteiger partial charge in [-0.2, -0.15) is 0 Å². The van der Waals surface area contributed by atoms with Crippen LogP contribution in [0.5, 0.6) is 0 Å². The Bertz CT molecular complexity index is 710. The highest BCUT2D eigenvalue weighted by molar-refractivity contribution is 5.98. The molecule has 2 aromatic rings. The number of amides is 2. The van der Waals surface area contributed by atoms with Gasteiger partial charge in [-0.25, -0.2) is 0 Å². The molecule has 0 aliphatic carbocycles. The summed E-state index contributed by atoms with van der Waals surface area (Å²) in [6.45, 7) is 2.94. The van der Waals surface area contributed by atoms with Crippen LogP contribution in [0.2, 0.25) is 0 Å². The van der Waals surface area contributed by atoms with Crippen molar-refractivity contribution in [3.8, 4) is 11.1 Å². The van der Waals surface area contributed by atoms with Crippen molar-refractivity contribution < 1.29 is 9.59 Å². The van der Waals surface area contributed by atoms with E-state index in [1.807, 2.05) is 54.6 Å². The smallest absolute Gasteiger partial charge is 0.254 e. The van der Waals surface area contributed by atoms with E-state index in [1.165, 1.54) is 0 Å². The summed E-state index contributed by atoms with van der Waals surface area (Å²) < 4.78 is 0. The standard InChI is InChI=1S/C19H20N2O2/c1-14-18(22)20(2)12-13-21(14)19(23)17-10-8-16(9-11-17)15-6-4-3-5-7-15/h3-11,14H,12-13H2,1-2H3. The Morgan fingerprint density at radius 1 is 0.957 bits per heavy atom. The Kier molecular flexibility index (Phi) is 4.15. The minimum atomic E-state index is -0.407. The zero-order valence-electron chi connectivity index (χ0n) is 13.4. The van der Waals surface area contributed by atoms with E-state index in [0.717, 1.165) is 11.1 Å². The van der Waals surface area contributed by atoms with Crippen LogP contribution in [-0.2, 0) is 4.79 Å². The molecule has 1 saturated heterocycles. The number of benzene rings is 2. The van der Waals surface area contributed by atoms with Crippen molar-refractivity contribution in [1.82, 2.24) is 9.80 Å². The summed E-state index contributed by atoms with van der Waals surface area (Å²) in [6, 6.07) is 17.2. The van der Waals surface area contributed by atoms with E-state index in [2.05, 4.69) is 0 Å². The van der Waals surface area contributed by atoms with Gasteiger partial charge < -0.3 is 9.80 Å². The highest BCUT2D eigenvalue weighted by Crippen LogP contribution is 2.21. The molecular weight excluding hydrogens is 288 g/mol. The summed E-state index contributed by atoms with van der Waals surface area (Å²) in [5, 5.41) is 0. The quantitative estimate of drug-likeness (QED) is 0.856. The molecular formula is C19H20N2O2. The summed E-state index contributed by atoms with van der Waals surface area (Å²) in [5.74, 6) is -0.0935. The molecule has 0 radical (unpaired) electrons. The molecule has 0 saturated carbocycles. The molecule has 1 fully saturated rings. The van der Waals surface area contributed by atoms with Crippen LogP contribution in [0.25, 0.3) is 11.1 Å². The van der Waals surface area contributed by atoms with Crippen molar-refractivity contribution in [2.24, 2.45) is 0 Å². The van der Waals surface area contributed by atoms with Gasteiger partial charge in [0.15, 0.2) is 0 Å². The molecule has 2 aromatic carbocycles. The van der Waals surface area contributed by atoms with Crippen LogP contribution in [-0.4, -0.2) is 47.8 Å². The molecule has 0 aromatic heterocycles. The fourth-order valence-electron chi connectivity index (χ4n) is 2.89. The lowest BCUT2D eigenvalue weighted by atomic mass is 10.0. The second kappa shape index (κ2) is 6.24. The van der Waals surface area contributed by atoms with E-state index in [1.54, 1.807) is 23.8 Å². The fourth-order valence-corrected chi connectivity index (χ4v) is 2.89. The topological polar surface area (TPSA) is 40.6 Å². The van der Waals surface area contributed by atoms with Gasteiger partial charge in [0.2, 0.25) is 5.91 Å². The zero-order valence-corrected chi connectivity index (χ0v) is 13.4. The minimum Gasteiger partial charge on any atom is -0.342 e. The van der Waals surface area contributed by atoms with E-state index in [0.29, 0.717) is 18.7 Å². The third-order valence-electron chi connectivity index (χ3n) is 4.38. The van der Waals surface area contributed by atoms with Gasteiger partial charge in [-0.15, -0.1) is 0 Å². The Balaban J connectivity index is 1.79.